The largest absolute Gasteiger partial charge is 0.481 e. The Hall–Kier alpha value is -0.180. The lowest BCUT2D eigenvalue weighted by molar-refractivity contribution is -0.150. The van der Waals surface area contributed by atoms with Crippen LogP contribution in [0.5, 0.6) is 0 Å². The summed E-state index contributed by atoms with van der Waals surface area (Å²) in [7, 11) is 0. The lowest BCUT2D eigenvalue weighted by Gasteiger charge is -2.26. The normalized spacial score (nSPS) is 11.6. The molecule has 14 heavy (non-hydrogen) atoms. The first-order valence-electron chi connectivity index (χ1n) is 5.44. The number of hydrogen-bond acceptors (Lipinski definition) is 2. The molecule has 0 aromatic rings. The van der Waals surface area contributed by atoms with E-state index in [2.05, 4.69) is 6.92 Å². The molecule has 0 saturated carbocycles. The van der Waals surface area contributed by atoms with Crippen molar-refractivity contribution in [2.75, 3.05) is 11.5 Å². The highest BCUT2D eigenvalue weighted by molar-refractivity contribution is 7.99. The van der Waals surface area contributed by atoms with Gasteiger partial charge in [-0.25, -0.2) is 0 Å². The van der Waals surface area contributed by atoms with Crippen LogP contribution in [0.4, 0.5) is 0 Å². The predicted octanol–water partition coefficient (Wildman–Crippen LogP) is 3.41. The molecular formula is C11H22O2S. The molecule has 0 aliphatic carbocycles. The van der Waals surface area contributed by atoms with Gasteiger partial charge in [0, 0.05) is 0 Å². The van der Waals surface area contributed by atoms with E-state index in [1.165, 1.54) is 0 Å². The van der Waals surface area contributed by atoms with E-state index in [0.29, 0.717) is 0 Å². The number of carboxylic acids is 1. The van der Waals surface area contributed by atoms with Gasteiger partial charge in [-0.05, 0) is 37.2 Å². The molecule has 0 rings (SSSR count). The maximum absolute atomic E-state index is 11.1. The number of carbonyl (C=O) groups is 1. The highest BCUT2D eigenvalue weighted by Crippen LogP contribution is 2.32. The number of carboxylic acid groups (broad SMARTS) is 1. The number of hydrogen-bond donors (Lipinski definition) is 1. The summed E-state index contributed by atoms with van der Waals surface area (Å²) in [6, 6.07) is 0. The second-order valence-electron chi connectivity index (χ2n) is 3.59. The molecule has 0 aromatic heterocycles. The second-order valence-corrected chi connectivity index (χ2v) is 4.99. The van der Waals surface area contributed by atoms with E-state index in [0.717, 1.165) is 37.2 Å². The van der Waals surface area contributed by atoms with Crippen LogP contribution < -0.4 is 0 Å². The van der Waals surface area contributed by atoms with Crippen LogP contribution in [0.3, 0.4) is 0 Å². The van der Waals surface area contributed by atoms with Gasteiger partial charge in [0.2, 0.25) is 0 Å². The minimum atomic E-state index is -0.621. The van der Waals surface area contributed by atoms with Gasteiger partial charge in [-0.2, -0.15) is 11.8 Å². The van der Waals surface area contributed by atoms with Crippen molar-refractivity contribution in [3.63, 3.8) is 0 Å². The number of aliphatic carboxylic acids is 1. The summed E-state index contributed by atoms with van der Waals surface area (Å²) in [6.07, 6.45) is 3.33. The van der Waals surface area contributed by atoms with Gasteiger partial charge in [-0.3, -0.25) is 4.79 Å². The molecule has 3 heteroatoms. The lowest BCUT2D eigenvalue weighted by atomic mass is 9.78. The third-order valence-electron chi connectivity index (χ3n) is 2.96. The van der Waals surface area contributed by atoms with Crippen LogP contribution in [0.1, 0.15) is 46.5 Å². The fourth-order valence-electron chi connectivity index (χ4n) is 1.67. The highest BCUT2D eigenvalue weighted by atomic mass is 32.2. The zero-order chi connectivity index (χ0) is 11.0. The molecule has 84 valence electrons. The van der Waals surface area contributed by atoms with Crippen LogP contribution in [0.15, 0.2) is 0 Å². The van der Waals surface area contributed by atoms with E-state index in [4.69, 9.17) is 0 Å². The zero-order valence-corrected chi connectivity index (χ0v) is 10.3. The molecule has 0 unspecified atom stereocenters. The molecule has 0 spiro atoms. The summed E-state index contributed by atoms with van der Waals surface area (Å²) in [5, 5.41) is 9.17. The minimum absolute atomic E-state index is 0.464. The second kappa shape index (κ2) is 7.16. The van der Waals surface area contributed by atoms with Crippen LogP contribution in [0, 0.1) is 5.41 Å². The van der Waals surface area contributed by atoms with Gasteiger partial charge >= 0.3 is 5.97 Å². The van der Waals surface area contributed by atoms with Crippen molar-refractivity contribution in [2.45, 2.75) is 46.5 Å². The summed E-state index contributed by atoms with van der Waals surface area (Å²) in [5.41, 5.74) is -0.464. The first-order valence-corrected chi connectivity index (χ1v) is 6.59. The van der Waals surface area contributed by atoms with Gasteiger partial charge in [0.25, 0.3) is 0 Å². The van der Waals surface area contributed by atoms with Crippen LogP contribution in [-0.2, 0) is 4.79 Å². The number of thioether (sulfide) groups is 1. The summed E-state index contributed by atoms with van der Waals surface area (Å²) < 4.78 is 0. The summed E-state index contributed by atoms with van der Waals surface area (Å²) in [6.45, 7) is 6.09. The molecule has 0 bridgehead atoms. The fourth-order valence-corrected chi connectivity index (χ4v) is 2.31. The Morgan fingerprint density at radius 1 is 1.29 bits per heavy atom. The van der Waals surface area contributed by atoms with Gasteiger partial charge in [0.15, 0.2) is 0 Å². The first-order chi connectivity index (χ1) is 6.63. The Kier molecular flexibility index (Phi) is 7.06. The van der Waals surface area contributed by atoms with Crippen LogP contribution >= 0.6 is 11.8 Å². The van der Waals surface area contributed by atoms with Crippen molar-refractivity contribution in [2.24, 2.45) is 5.41 Å². The van der Waals surface area contributed by atoms with Crippen molar-refractivity contribution >= 4 is 17.7 Å². The average molecular weight is 218 g/mol. The molecular weight excluding hydrogens is 196 g/mol. The Morgan fingerprint density at radius 2 is 1.86 bits per heavy atom. The van der Waals surface area contributed by atoms with Crippen LogP contribution in [0.2, 0.25) is 0 Å². The molecule has 0 heterocycles. The van der Waals surface area contributed by atoms with Gasteiger partial charge in [0.05, 0.1) is 5.41 Å². The lowest BCUT2D eigenvalue weighted by Crippen LogP contribution is -2.29. The summed E-state index contributed by atoms with van der Waals surface area (Å²) >= 11 is 1.89. The average Bonchev–Trinajstić information content (AvgIpc) is 2.18. The van der Waals surface area contributed by atoms with Crippen LogP contribution in [-0.4, -0.2) is 22.6 Å². The molecule has 0 atom stereocenters. The van der Waals surface area contributed by atoms with E-state index in [-0.39, 0.29) is 0 Å². The molecule has 0 saturated heterocycles. The topological polar surface area (TPSA) is 37.3 Å². The maximum Gasteiger partial charge on any atom is 0.309 e. The fraction of sp³-hybridized carbons (Fsp3) is 0.909. The van der Waals surface area contributed by atoms with E-state index in [1.54, 1.807) is 0 Å². The predicted molar refractivity (Wildman–Crippen MR) is 62.9 cm³/mol. The van der Waals surface area contributed by atoms with Gasteiger partial charge in [0.1, 0.15) is 0 Å². The van der Waals surface area contributed by atoms with Crippen molar-refractivity contribution in [1.29, 1.82) is 0 Å². The van der Waals surface area contributed by atoms with Gasteiger partial charge < -0.3 is 5.11 Å². The third-order valence-corrected chi connectivity index (χ3v) is 3.94. The van der Waals surface area contributed by atoms with Crippen molar-refractivity contribution < 1.29 is 9.90 Å². The Bertz CT molecular complexity index is 165. The van der Waals surface area contributed by atoms with Crippen molar-refractivity contribution in [3.8, 4) is 0 Å². The number of rotatable bonds is 8. The van der Waals surface area contributed by atoms with Gasteiger partial charge in [-0.1, -0.05) is 20.8 Å². The standard InChI is InChI=1S/C11H22O2S/c1-4-11(5-2,10(12)13)8-7-9-14-6-3/h4-9H2,1-3H3,(H,12,13). The van der Waals surface area contributed by atoms with Crippen LogP contribution in [0.25, 0.3) is 0 Å². The Labute approximate surface area is 91.5 Å². The first kappa shape index (κ1) is 13.8. The summed E-state index contributed by atoms with van der Waals surface area (Å²) in [5.74, 6) is 1.59. The smallest absolute Gasteiger partial charge is 0.309 e. The van der Waals surface area contributed by atoms with Gasteiger partial charge in [-0.15, -0.1) is 0 Å². The Balaban J connectivity index is 4.02. The summed E-state index contributed by atoms with van der Waals surface area (Å²) in [4.78, 5) is 11.1. The minimum Gasteiger partial charge on any atom is -0.481 e. The molecule has 0 fully saturated rings. The maximum atomic E-state index is 11.1. The SMILES string of the molecule is CCSCCCC(CC)(CC)C(=O)O. The third kappa shape index (κ3) is 3.91. The molecule has 1 N–H and O–H groups in total. The monoisotopic (exact) mass is 218 g/mol. The molecule has 2 nitrogen and oxygen atoms in total. The zero-order valence-electron chi connectivity index (χ0n) is 9.51. The Morgan fingerprint density at radius 3 is 2.21 bits per heavy atom. The van der Waals surface area contributed by atoms with E-state index >= 15 is 0 Å². The van der Waals surface area contributed by atoms with E-state index < -0.39 is 11.4 Å². The van der Waals surface area contributed by atoms with E-state index in [1.807, 2.05) is 25.6 Å². The van der Waals surface area contributed by atoms with E-state index in [9.17, 15) is 9.90 Å². The quantitative estimate of drug-likeness (QED) is 0.634. The highest BCUT2D eigenvalue weighted by Gasteiger charge is 2.33. The molecule has 0 aliphatic rings. The molecule has 0 amide bonds. The van der Waals surface area contributed by atoms with Crippen molar-refractivity contribution in [1.82, 2.24) is 0 Å². The molecule has 0 aromatic carbocycles. The molecule has 0 radical (unpaired) electrons. The van der Waals surface area contributed by atoms with Crippen molar-refractivity contribution in [3.05, 3.63) is 0 Å². The molecule has 0 aliphatic heterocycles.